The Hall–Kier alpha value is -2.27. The summed E-state index contributed by atoms with van der Waals surface area (Å²) >= 11 is 1.66. The number of benzene rings is 2. The fourth-order valence-corrected chi connectivity index (χ4v) is 3.63. The van der Waals surface area contributed by atoms with E-state index in [0.717, 1.165) is 22.4 Å². The second kappa shape index (κ2) is 8.41. The summed E-state index contributed by atoms with van der Waals surface area (Å²) < 4.78 is 0. The van der Waals surface area contributed by atoms with Crippen LogP contribution in [-0.2, 0) is 0 Å². The van der Waals surface area contributed by atoms with Crippen LogP contribution in [0.4, 0.5) is 0 Å². The lowest BCUT2D eigenvalue weighted by molar-refractivity contribution is 0.0718. The van der Waals surface area contributed by atoms with E-state index in [2.05, 4.69) is 0 Å². The van der Waals surface area contributed by atoms with E-state index in [1.165, 1.54) is 0 Å². The molecule has 136 valence electrons. The molecule has 0 aliphatic carbocycles. The van der Waals surface area contributed by atoms with Crippen LogP contribution >= 0.6 is 11.8 Å². The lowest BCUT2D eigenvalue weighted by Gasteiger charge is -2.23. The van der Waals surface area contributed by atoms with Gasteiger partial charge in [-0.05, 0) is 55.5 Å². The van der Waals surface area contributed by atoms with Gasteiger partial charge in [0, 0.05) is 42.2 Å². The van der Waals surface area contributed by atoms with Crippen molar-refractivity contribution in [2.45, 2.75) is 18.2 Å². The second-order valence-electron chi connectivity index (χ2n) is 6.48. The Balaban J connectivity index is 1.67. The van der Waals surface area contributed by atoms with Crippen LogP contribution in [-0.4, -0.2) is 54.0 Å². The van der Waals surface area contributed by atoms with Gasteiger partial charge in [0.2, 0.25) is 0 Å². The third-order valence-electron chi connectivity index (χ3n) is 4.78. The van der Waals surface area contributed by atoms with Crippen LogP contribution in [0.25, 0.3) is 0 Å². The van der Waals surface area contributed by atoms with Crippen molar-refractivity contribution < 1.29 is 9.59 Å². The van der Waals surface area contributed by atoms with E-state index >= 15 is 0 Å². The van der Waals surface area contributed by atoms with Gasteiger partial charge < -0.3 is 9.80 Å². The summed E-state index contributed by atoms with van der Waals surface area (Å²) in [4.78, 5) is 30.5. The Labute approximate surface area is 159 Å². The maximum atomic E-state index is 12.8. The van der Waals surface area contributed by atoms with Crippen molar-refractivity contribution in [2.75, 3.05) is 32.4 Å². The molecule has 0 unspecified atom stereocenters. The van der Waals surface area contributed by atoms with Crippen molar-refractivity contribution in [1.29, 1.82) is 0 Å². The highest BCUT2D eigenvalue weighted by Gasteiger charge is 2.24. The molecule has 0 radical (unpaired) electrons. The van der Waals surface area contributed by atoms with Gasteiger partial charge in [-0.25, -0.2) is 0 Å². The monoisotopic (exact) mass is 368 g/mol. The van der Waals surface area contributed by atoms with Crippen LogP contribution < -0.4 is 0 Å². The number of carbonyl (C=O) groups is 2. The zero-order valence-corrected chi connectivity index (χ0v) is 16.1. The number of nitrogens with zero attached hydrogens (tertiary/aromatic N) is 2. The molecule has 1 fully saturated rings. The normalized spacial score (nSPS) is 14.8. The second-order valence-corrected chi connectivity index (χ2v) is 7.36. The maximum absolute atomic E-state index is 12.8. The minimum atomic E-state index is 0.0443. The van der Waals surface area contributed by atoms with Gasteiger partial charge in [0.05, 0.1) is 0 Å². The summed E-state index contributed by atoms with van der Waals surface area (Å²) in [6.45, 7) is 4.46. The van der Waals surface area contributed by atoms with Crippen molar-refractivity contribution >= 4 is 23.6 Å². The molecule has 0 atom stereocenters. The van der Waals surface area contributed by atoms with Crippen LogP contribution in [0.15, 0.2) is 53.4 Å². The minimum Gasteiger partial charge on any atom is -0.337 e. The molecule has 2 amide bonds. The molecule has 1 aliphatic heterocycles. The standard InChI is InChI=1S/C21H24N2O2S/c1-16-6-3-4-7-19(16)21(25)23-13-5-12-22(14-15-23)20(24)17-8-10-18(26-2)11-9-17/h3-4,6-11H,5,12-15H2,1-2H3. The quantitative estimate of drug-likeness (QED) is 0.776. The zero-order valence-electron chi connectivity index (χ0n) is 15.3. The van der Waals surface area contributed by atoms with Gasteiger partial charge >= 0.3 is 0 Å². The summed E-state index contributed by atoms with van der Waals surface area (Å²) in [5.74, 6) is 0.101. The molecule has 1 heterocycles. The molecule has 2 aromatic rings. The molecule has 0 spiro atoms. The molecule has 3 rings (SSSR count). The molecular weight excluding hydrogens is 344 g/mol. The highest BCUT2D eigenvalue weighted by atomic mass is 32.2. The molecule has 0 bridgehead atoms. The van der Waals surface area contributed by atoms with Gasteiger partial charge in [-0.15, -0.1) is 11.8 Å². The van der Waals surface area contributed by atoms with E-state index < -0.39 is 0 Å². The van der Waals surface area contributed by atoms with E-state index in [9.17, 15) is 9.59 Å². The average Bonchev–Trinajstić information content (AvgIpc) is 2.93. The minimum absolute atomic E-state index is 0.0443. The maximum Gasteiger partial charge on any atom is 0.254 e. The number of thioether (sulfide) groups is 1. The Morgan fingerprint density at radius 1 is 0.846 bits per heavy atom. The van der Waals surface area contributed by atoms with Crippen molar-refractivity contribution in [2.24, 2.45) is 0 Å². The Kier molecular flexibility index (Phi) is 5.99. The van der Waals surface area contributed by atoms with Crippen LogP contribution in [0.5, 0.6) is 0 Å². The Morgan fingerprint density at radius 3 is 2.08 bits per heavy atom. The third kappa shape index (κ3) is 4.10. The highest BCUT2D eigenvalue weighted by molar-refractivity contribution is 7.98. The molecule has 0 N–H and O–H groups in total. The van der Waals surface area contributed by atoms with Gasteiger partial charge in [-0.1, -0.05) is 18.2 Å². The molecule has 0 aromatic heterocycles. The van der Waals surface area contributed by atoms with Crippen LogP contribution in [0, 0.1) is 6.92 Å². The predicted octanol–water partition coefficient (Wildman–Crippen LogP) is 3.71. The van der Waals surface area contributed by atoms with E-state index in [0.29, 0.717) is 31.7 Å². The first-order chi connectivity index (χ1) is 12.6. The number of rotatable bonds is 3. The van der Waals surface area contributed by atoms with E-state index in [1.54, 1.807) is 11.8 Å². The lowest BCUT2D eigenvalue weighted by Crippen LogP contribution is -2.37. The van der Waals surface area contributed by atoms with Gasteiger partial charge in [0.25, 0.3) is 11.8 Å². The summed E-state index contributed by atoms with van der Waals surface area (Å²) in [5, 5.41) is 0. The number of hydrogen-bond donors (Lipinski definition) is 0. The van der Waals surface area contributed by atoms with Crippen LogP contribution in [0.1, 0.15) is 32.7 Å². The molecular formula is C21H24N2O2S. The Morgan fingerprint density at radius 2 is 1.46 bits per heavy atom. The number of aryl methyl sites for hydroxylation is 1. The van der Waals surface area contributed by atoms with E-state index in [1.807, 2.05) is 71.5 Å². The highest BCUT2D eigenvalue weighted by Crippen LogP contribution is 2.17. The topological polar surface area (TPSA) is 40.6 Å². The van der Waals surface area contributed by atoms with Crippen molar-refractivity contribution in [3.63, 3.8) is 0 Å². The predicted molar refractivity (Wildman–Crippen MR) is 106 cm³/mol. The Bertz CT molecular complexity index is 789. The third-order valence-corrected chi connectivity index (χ3v) is 5.53. The van der Waals surface area contributed by atoms with Gasteiger partial charge in [0.1, 0.15) is 0 Å². The summed E-state index contributed by atoms with van der Waals surface area (Å²) in [6.07, 6.45) is 2.82. The fourth-order valence-electron chi connectivity index (χ4n) is 3.22. The summed E-state index contributed by atoms with van der Waals surface area (Å²) in [5.41, 5.74) is 2.45. The molecule has 4 nitrogen and oxygen atoms in total. The molecule has 1 saturated heterocycles. The lowest BCUT2D eigenvalue weighted by atomic mass is 10.1. The van der Waals surface area contributed by atoms with E-state index in [4.69, 9.17) is 0 Å². The number of carbonyl (C=O) groups excluding carboxylic acids is 2. The molecule has 26 heavy (non-hydrogen) atoms. The van der Waals surface area contributed by atoms with Crippen LogP contribution in [0.2, 0.25) is 0 Å². The number of hydrogen-bond acceptors (Lipinski definition) is 3. The van der Waals surface area contributed by atoms with Gasteiger partial charge in [-0.3, -0.25) is 9.59 Å². The van der Waals surface area contributed by atoms with Crippen molar-refractivity contribution in [3.8, 4) is 0 Å². The molecule has 1 aliphatic rings. The number of amides is 2. The first-order valence-electron chi connectivity index (χ1n) is 8.88. The summed E-state index contributed by atoms with van der Waals surface area (Å²) in [6, 6.07) is 15.4. The SMILES string of the molecule is CSc1ccc(C(=O)N2CCCN(C(=O)c3ccccc3C)CC2)cc1. The van der Waals surface area contributed by atoms with Gasteiger partial charge in [-0.2, -0.15) is 0 Å². The average molecular weight is 369 g/mol. The van der Waals surface area contributed by atoms with E-state index in [-0.39, 0.29) is 11.8 Å². The molecule has 0 saturated carbocycles. The largest absolute Gasteiger partial charge is 0.337 e. The van der Waals surface area contributed by atoms with Crippen molar-refractivity contribution in [1.82, 2.24) is 9.80 Å². The van der Waals surface area contributed by atoms with Gasteiger partial charge in [0.15, 0.2) is 0 Å². The molecule has 5 heteroatoms. The summed E-state index contributed by atoms with van der Waals surface area (Å²) in [7, 11) is 0. The zero-order chi connectivity index (χ0) is 18.5. The smallest absolute Gasteiger partial charge is 0.254 e. The van der Waals surface area contributed by atoms with Crippen molar-refractivity contribution in [3.05, 3.63) is 65.2 Å². The van der Waals surface area contributed by atoms with Crippen LogP contribution in [0.3, 0.4) is 0 Å². The fraction of sp³-hybridized carbons (Fsp3) is 0.333. The first-order valence-corrected chi connectivity index (χ1v) is 10.1. The first kappa shape index (κ1) is 18.5. The molecule has 2 aromatic carbocycles.